The van der Waals surface area contributed by atoms with E-state index in [1.807, 2.05) is 37.5 Å². The van der Waals surface area contributed by atoms with Gasteiger partial charge in [-0.1, -0.05) is 188 Å². The summed E-state index contributed by atoms with van der Waals surface area (Å²) in [5.74, 6) is -0.329. The van der Waals surface area contributed by atoms with E-state index in [0.29, 0.717) is 22.9 Å². The number of ketones is 1. The van der Waals surface area contributed by atoms with Crippen molar-refractivity contribution in [2.45, 2.75) is 257 Å². The van der Waals surface area contributed by atoms with Crippen molar-refractivity contribution in [1.82, 2.24) is 0 Å². The van der Waals surface area contributed by atoms with Crippen LogP contribution in [0.25, 0.3) is 40.7 Å². The Bertz CT molecular complexity index is 2720. The van der Waals surface area contributed by atoms with Crippen LogP contribution in [0.5, 0.6) is 0 Å². The maximum absolute atomic E-state index is 14.9. The van der Waals surface area contributed by atoms with Crippen molar-refractivity contribution in [3.63, 3.8) is 0 Å². The zero-order chi connectivity index (χ0) is 56.8. The molecule has 0 saturated carbocycles. The first-order chi connectivity index (χ1) is 36.1. The second-order valence-corrected chi connectivity index (χ2v) is 30.8. The lowest BCUT2D eigenvalue weighted by atomic mass is 9.91. The monoisotopic (exact) mass is 1150 g/mol. The molecule has 76 heavy (non-hydrogen) atoms. The van der Waals surface area contributed by atoms with E-state index in [1.54, 1.807) is 31.5 Å². The zero-order valence-corrected chi connectivity index (χ0v) is 55.8. The number of unbranched alkanes of at least 4 members (excludes halogenated alkanes) is 11. The van der Waals surface area contributed by atoms with E-state index in [4.69, 9.17) is 0 Å². The fourth-order valence-electron chi connectivity index (χ4n) is 9.34. The van der Waals surface area contributed by atoms with Crippen molar-refractivity contribution in [1.29, 1.82) is 0 Å². The SMILES string of the molecule is CC.CC(C)(C)C.CCCCC(CC)C(=O)c1sc2csc(C(C)(C)C)c2c1F.CCCCCCCCc1ccc(CCc2c3cc(C)sc3c(-c3ccc(CCCCCCCC)s3)c3cc(C(C)(C)C)sc23)s1.CF. The molecule has 7 rings (SSSR count). The van der Waals surface area contributed by atoms with E-state index in [1.165, 1.54) is 142 Å². The van der Waals surface area contributed by atoms with Crippen LogP contribution in [-0.2, 0) is 36.5 Å². The number of hydrogen-bond donors (Lipinski definition) is 0. The minimum Gasteiger partial charge on any atom is -0.293 e. The molecule has 0 aliphatic rings. The molecule has 0 fully saturated rings. The third-order valence-corrected chi connectivity index (χ3v) is 21.0. The topological polar surface area (TPSA) is 17.1 Å². The molecule has 0 amide bonds. The average molecular weight is 1150 g/mol. The molecular formula is C67H102F2OS6. The van der Waals surface area contributed by atoms with Gasteiger partial charge >= 0.3 is 0 Å². The molecule has 0 radical (unpaired) electrons. The van der Waals surface area contributed by atoms with Gasteiger partial charge in [0.25, 0.3) is 0 Å². The Hall–Kier alpha value is -2.27. The van der Waals surface area contributed by atoms with Gasteiger partial charge < -0.3 is 0 Å². The van der Waals surface area contributed by atoms with Crippen LogP contribution >= 0.6 is 68.0 Å². The van der Waals surface area contributed by atoms with Gasteiger partial charge in [0, 0.05) is 75.9 Å². The number of alkyl halides is 1. The molecule has 0 N–H and O–H groups in total. The van der Waals surface area contributed by atoms with Crippen LogP contribution in [0.15, 0.2) is 41.8 Å². The van der Waals surface area contributed by atoms with E-state index in [0.717, 1.165) is 48.1 Å². The summed E-state index contributed by atoms with van der Waals surface area (Å²) in [6.45, 7) is 37.2. The Labute approximate surface area is 487 Å². The maximum atomic E-state index is 14.9. The Balaban J connectivity index is 0.000000408. The minimum absolute atomic E-state index is 0.000454. The highest BCUT2D eigenvalue weighted by atomic mass is 32.1. The van der Waals surface area contributed by atoms with Gasteiger partial charge in [-0.15, -0.1) is 68.0 Å². The molecule has 1 nitrogen and oxygen atoms in total. The van der Waals surface area contributed by atoms with Crippen LogP contribution in [-0.4, -0.2) is 13.0 Å². The van der Waals surface area contributed by atoms with Crippen molar-refractivity contribution in [2.24, 2.45) is 11.3 Å². The van der Waals surface area contributed by atoms with Crippen molar-refractivity contribution >= 4 is 104 Å². The molecule has 0 spiro atoms. The Morgan fingerprint density at radius 1 is 0.579 bits per heavy atom. The minimum atomic E-state index is -0.286. The molecule has 9 heteroatoms. The van der Waals surface area contributed by atoms with Crippen molar-refractivity contribution < 1.29 is 13.6 Å². The number of benzene rings is 1. The summed E-state index contributed by atoms with van der Waals surface area (Å²) in [6.07, 6.45) is 24.9. The lowest BCUT2D eigenvalue weighted by molar-refractivity contribution is 0.0909. The molecule has 1 atom stereocenters. The smallest absolute Gasteiger partial charge is 0.178 e. The highest BCUT2D eigenvalue weighted by Crippen LogP contribution is 2.50. The highest BCUT2D eigenvalue weighted by Gasteiger charge is 2.30. The maximum Gasteiger partial charge on any atom is 0.178 e. The number of aryl methyl sites for hydroxylation is 5. The van der Waals surface area contributed by atoms with E-state index in [-0.39, 0.29) is 28.3 Å². The van der Waals surface area contributed by atoms with Crippen molar-refractivity contribution in [2.75, 3.05) is 7.18 Å². The molecule has 0 aliphatic heterocycles. The predicted octanol–water partition coefficient (Wildman–Crippen LogP) is 25.6. The van der Waals surface area contributed by atoms with Gasteiger partial charge in [0.15, 0.2) is 11.6 Å². The Morgan fingerprint density at radius 2 is 1.11 bits per heavy atom. The number of carbonyl (C=O) groups excluding carboxylic acids is 1. The fourth-order valence-corrected chi connectivity index (χ4v) is 16.4. The fraction of sp³-hybridized carbons (Fsp3) is 0.627. The number of thiophene rings is 6. The lowest BCUT2D eigenvalue weighted by Gasteiger charge is -2.16. The largest absolute Gasteiger partial charge is 0.293 e. The number of carbonyl (C=O) groups is 1. The summed E-state index contributed by atoms with van der Waals surface area (Å²) >= 11 is 11.1. The second kappa shape index (κ2) is 33.5. The summed E-state index contributed by atoms with van der Waals surface area (Å²) in [5, 5.41) is 5.68. The Morgan fingerprint density at radius 3 is 1.64 bits per heavy atom. The van der Waals surface area contributed by atoms with Gasteiger partial charge in [-0.3, -0.25) is 9.18 Å². The van der Waals surface area contributed by atoms with Crippen molar-refractivity contribution in [3.05, 3.63) is 87.3 Å². The average Bonchev–Trinajstić information content (AvgIpc) is 4.24. The molecule has 6 heterocycles. The molecule has 0 aliphatic carbocycles. The summed E-state index contributed by atoms with van der Waals surface area (Å²) in [5.41, 5.74) is 3.65. The number of fused-ring (bicyclic) bond motifs is 3. The highest BCUT2D eigenvalue weighted by molar-refractivity contribution is 7.25. The van der Waals surface area contributed by atoms with Gasteiger partial charge in [0.2, 0.25) is 0 Å². The molecule has 1 aromatic carbocycles. The summed E-state index contributed by atoms with van der Waals surface area (Å²) in [7, 11) is 0.500. The first-order valence-electron chi connectivity index (χ1n) is 29.4. The number of halogens is 2. The van der Waals surface area contributed by atoms with Gasteiger partial charge in [-0.05, 0) is 122 Å². The molecule has 0 bridgehead atoms. The number of Topliss-reactive ketones (excluding diaryl/α,β-unsaturated/α-hetero) is 1. The molecule has 7 aromatic rings. The first-order valence-corrected chi connectivity index (χ1v) is 34.3. The van der Waals surface area contributed by atoms with Crippen LogP contribution < -0.4 is 0 Å². The summed E-state index contributed by atoms with van der Waals surface area (Å²) in [6, 6.07) is 14.8. The van der Waals surface area contributed by atoms with Gasteiger partial charge in [0.1, 0.15) is 4.88 Å². The Kier molecular flexibility index (Phi) is 30.0. The normalized spacial score (nSPS) is 12.2. The molecule has 1 unspecified atom stereocenters. The predicted molar refractivity (Wildman–Crippen MR) is 349 cm³/mol. The molecule has 6 aromatic heterocycles. The van der Waals surface area contributed by atoms with Crippen LogP contribution in [0.4, 0.5) is 8.78 Å². The van der Waals surface area contributed by atoms with Crippen LogP contribution in [0.3, 0.4) is 0 Å². The number of hydrogen-bond acceptors (Lipinski definition) is 7. The van der Waals surface area contributed by atoms with E-state index in [2.05, 4.69) is 167 Å². The third-order valence-electron chi connectivity index (χ3n) is 13.3. The van der Waals surface area contributed by atoms with Crippen LogP contribution in [0.2, 0.25) is 0 Å². The zero-order valence-electron chi connectivity index (χ0n) is 50.9. The number of rotatable bonds is 24. The van der Waals surface area contributed by atoms with Gasteiger partial charge in [-0.25, -0.2) is 4.39 Å². The van der Waals surface area contributed by atoms with Crippen molar-refractivity contribution in [3.8, 4) is 10.4 Å². The van der Waals surface area contributed by atoms with Gasteiger partial charge in [-0.2, -0.15) is 0 Å². The summed E-state index contributed by atoms with van der Waals surface area (Å²) < 4.78 is 28.4. The van der Waals surface area contributed by atoms with Crippen LogP contribution in [0.1, 0.15) is 258 Å². The third kappa shape index (κ3) is 20.7. The van der Waals surface area contributed by atoms with Gasteiger partial charge in [0.05, 0.1) is 7.18 Å². The second-order valence-electron chi connectivity index (χ2n) is 24.1. The summed E-state index contributed by atoms with van der Waals surface area (Å²) in [4.78, 5) is 23.2. The van der Waals surface area contributed by atoms with E-state index in [9.17, 15) is 13.6 Å². The van der Waals surface area contributed by atoms with Crippen LogP contribution in [0, 0.1) is 24.1 Å². The molecule has 426 valence electrons. The standard InChI is InChI=1S/C41H56S4.C18H25FOS2.C5H12.C2H6.CH3F/c1-7-9-11-13-15-17-19-30-21-22-32(43-30)23-25-33-34-27-29(3)42-40(34)38(35-28-37(41(4,5)6)45-39(33)35)36-26-24-31(44-36)20-18-16-14-12-10-8-2;1-6-8-9-11(7-2)15(20)16-14(19)13-12(22-16)10-21-17(13)18(3,4)5;1-5(2,3)4;2*1-2/h21-22,24,26-28H,7-20,23,25H2,1-6H3;10-11H,6-9H2,1-5H3;1-4H3;1-2H3;1H3. The molecule has 0 saturated heterocycles. The van der Waals surface area contributed by atoms with E-state index < -0.39 is 0 Å². The first kappa shape index (κ1) is 68.0. The quantitative estimate of drug-likeness (QED) is 0.0435. The van der Waals surface area contributed by atoms with E-state index >= 15 is 0 Å². The molecular weight excluding hydrogens is 1050 g/mol. The lowest BCUT2D eigenvalue weighted by Crippen LogP contribution is -2.14.